The molecule has 0 radical (unpaired) electrons. The summed E-state index contributed by atoms with van der Waals surface area (Å²) in [7, 11) is 0. The van der Waals surface area contributed by atoms with Crippen molar-refractivity contribution in [2.75, 3.05) is 13.1 Å². The standard InChI is InChI=1S/C18H20N2O4S/c21-16(7-4-9-19-17(22)14-8-10-25-12-14)20-11-15(18(23)24)13-5-2-1-3-6-13/h1-3,5-6,8,10,12,15H,4,7,9,11H2,(H,19,22)(H,20,21)(H,23,24). The molecule has 0 fully saturated rings. The van der Waals surface area contributed by atoms with Crippen molar-refractivity contribution in [3.63, 3.8) is 0 Å². The Morgan fingerprint density at radius 1 is 1.08 bits per heavy atom. The van der Waals surface area contributed by atoms with E-state index in [0.717, 1.165) is 0 Å². The SMILES string of the molecule is O=C(CCCNC(=O)c1ccsc1)NCC(C(=O)O)c1ccccc1. The van der Waals surface area contributed by atoms with E-state index in [1.807, 2.05) is 11.4 Å². The summed E-state index contributed by atoms with van der Waals surface area (Å²) in [4.78, 5) is 34.9. The van der Waals surface area contributed by atoms with Gasteiger partial charge < -0.3 is 15.7 Å². The fourth-order valence-electron chi connectivity index (χ4n) is 2.28. The molecule has 0 aliphatic rings. The van der Waals surface area contributed by atoms with Crippen molar-refractivity contribution in [1.82, 2.24) is 10.6 Å². The molecule has 0 aliphatic carbocycles. The van der Waals surface area contributed by atoms with E-state index >= 15 is 0 Å². The first-order valence-electron chi connectivity index (χ1n) is 7.93. The van der Waals surface area contributed by atoms with Crippen LogP contribution >= 0.6 is 11.3 Å². The number of amides is 2. The van der Waals surface area contributed by atoms with Gasteiger partial charge in [-0.05, 0) is 23.4 Å². The van der Waals surface area contributed by atoms with Crippen LogP contribution in [0.2, 0.25) is 0 Å². The van der Waals surface area contributed by atoms with Crippen LogP contribution in [0.1, 0.15) is 34.7 Å². The zero-order valence-corrected chi connectivity index (χ0v) is 14.4. The highest BCUT2D eigenvalue weighted by molar-refractivity contribution is 7.08. The monoisotopic (exact) mass is 360 g/mol. The predicted molar refractivity (Wildman–Crippen MR) is 95.7 cm³/mol. The third-order valence-corrected chi connectivity index (χ3v) is 4.34. The number of rotatable bonds is 9. The third-order valence-electron chi connectivity index (χ3n) is 3.65. The number of carboxylic acid groups (broad SMARTS) is 1. The van der Waals surface area contributed by atoms with E-state index in [1.165, 1.54) is 11.3 Å². The van der Waals surface area contributed by atoms with Crippen LogP contribution in [0.15, 0.2) is 47.2 Å². The molecule has 1 heterocycles. The van der Waals surface area contributed by atoms with Crippen LogP contribution < -0.4 is 10.6 Å². The highest BCUT2D eigenvalue weighted by atomic mass is 32.1. The lowest BCUT2D eigenvalue weighted by atomic mass is 9.99. The molecule has 1 aromatic carbocycles. The quantitative estimate of drug-likeness (QED) is 0.598. The Hall–Kier alpha value is -2.67. The Morgan fingerprint density at radius 2 is 1.84 bits per heavy atom. The highest BCUT2D eigenvalue weighted by Crippen LogP contribution is 2.14. The second-order valence-electron chi connectivity index (χ2n) is 5.48. The molecule has 6 nitrogen and oxygen atoms in total. The molecule has 25 heavy (non-hydrogen) atoms. The lowest BCUT2D eigenvalue weighted by Crippen LogP contribution is -2.32. The Bertz CT molecular complexity index is 701. The van der Waals surface area contributed by atoms with E-state index in [4.69, 9.17) is 0 Å². The fourth-order valence-corrected chi connectivity index (χ4v) is 2.92. The number of carbonyl (C=O) groups excluding carboxylic acids is 2. The van der Waals surface area contributed by atoms with Crippen LogP contribution in [0.4, 0.5) is 0 Å². The molecule has 0 aliphatic heterocycles. The van der Waals surface area contributed by atoms with Gasteiger partial charge >= 0.3 is 5.97 Å². The molecular formula is C18H20N2O4S. The Morgan fingerprint density at radius 3 is 2.48 bits per heavy atom. The largest absolute Gasteiger partial charge is 0.481 e. The minimum absolute atomic E-state index is 0.0411. The van der Waals surface area contributed by atoms with Crippen molar-refractivity contribution in [2.45, 2.75) is 18.8 Å². The number of hydrogen-bond acceptors (Lipinski definition) is 4. The first-order chi connectivity index (χ1) is 12.1. The van der Waals surface area contributed by atoms with Gasteiger partial charge in [-0.1, -0.05) is 30.3 Å². The number of aliphatic carboxylic acids is 1. The van der Waals surface area contributed by atoms with Gasteiger partial charge in [0, 0.05) is 30.5 Å². The maximum absolute atomic E-state index is 11.9. The fraction of sp³-hybridized carbons (Fsp3) is 0.278. The summed E-state index contributed by atoms with van der Waals surface area (Å²) in [5.74, 6) is -2.14. The molecule has 1 aromatic heterocycles. The summed E-state index contributed by atoms with van der Waals surface area (Å²) < 4.78 is 0. The van der Waals surface area contributed by atoms with Gasteiger partial charge in [-0.2, -0.15) is 11.3 Å². The number of hydrogen-bond donors (Lipinski definition) is 3. The van der Waals surface area contributed by atoms with Gasteiger partial charge in [-0.15, -0.1) is 0 Å². The van der Waals surface area contributed by atoms with Crippen molar-refractivity contribution in [2.24, 2.45) is 0 Å². The maximum Gasteiger partial charge on any atom is 0.312 e. The number of nitrogens with one attached hydrogen (secondary N) is 2. The molecule has 7 heteroatoms. The van der Waals surface area contributed by atoms with E-state index < -0.39 is 11.9 Å². The van der Waals surface area contributed by atoms with E-state index in [2.05, 4.69) is 10.6 Å². The summed E-state index contributed by atoms with van der Waals surface area (Å²) in [6.45, 7) is 0.433. The molecule has 1 atom stereocenters. The molecule has 132 valence electrons. The topological polar surface area (TPSA) is 95.5 Å². The van der Waals surface area contributed by atoms with Crippen LogP contribution in [0.25, 0.3) is 0 Å². The average Bonchev–Trinajstić information content (AvgIpc) is 3.14. The summed E-state index contributed by atoms with van der Waals surface area (Å²) in [5.41, 5.74) is 1.26. The van der Waals surface area contributed by atoms with Crippen LogP contribution in [0.3, 0.4) is 0 Å². The summed E-state index contributed by atoms with van der Waals surface area (Å²) in [6, 6.07) is 10.5. The lowest BCUT2D eigenvalue weighted by Gasteiger charge is -2.14. The van der Waals surface area contributed by atoms with Crippen molar-refractivity contribution in [3.05, 3.63) is 58.3 Å². The first kappa shape index (κ1) is 18.7. The smallest absolute Gasteiger partial charge is 0.312 e. The molecule has 2 rings (SSSR count). The van der Waals surface area contributed by atoms with Gasteiger partial charge in [0.05, 0.1) is 5.92 Å². The molecular weight excluding hydrogens is 340 g/mol. The second kappa shape index (κ2) is 9.58. The zero-order chi connectivity index (χ0) is 18.1. The molecule has 1 unspecified atom stereocenters. The zero-order valence-electron chi connectivity index (χ0n) is 13.6. The maximum atomic E-state index is 11.9. The van der Waals surface area contributed by atoms with Gasteiger partial charge in [0.2, 0.25) is 5.91 Å². The van der Waals surface area contributed by atoms with Crippen molar-refractivity contribution >= 4 is 29.1 Å². The van der Waals surface area contributed by atoms with Gasteiger partial charge in [0.15, 0.2) is 0 Å². The van der Waals surface area contributed by atoms with Gasteiger partial charge in [0.25, 0.3) is 5.91 Å². The van der Waals surface area contributed by atoms with Crippen molar-refractivity contribution in [1.29, 1.82) is 0 Å². The minimum atomic E-state index is -0.977. The Balaban J connectivity index is 1.69. The lowest BCUT2D eigenvalue weighted by molar-refractivity contribution is -0.138. The molecule has 2 amide bonds. The van der Waals surface area contributed by atoms with Crippen molar-refractivity contribution < 1.29 is 19.5 Å². The molecule has 3 N–H and O–H groups in total. The molecule has 0 saturated heterocycles. The van der Waals surface area contributed by atoms with E-state index in [0.29, 0.717) is 24.1 Å². The minimum Gasteiger partial charge on any atom is -0.481 e. The Labute approximate surface area is 149 Å². The van der Waals surface area contributed by atoms with Crippen LogP contribution in [-0.4, -0.2) is 36.0 Å². The normalized spacial score (nSPS) is 11.5. The summed E-state index contributed by atoms with van der Waals surface area (Å²) >= 11 is 1.45. The third kappa shape index (κ3) is 6.04. The van der Waals surface area contributed by atoms with Crippen LogP contribution in [0, 0.1) is 0 Å². The summed E-state index contributed by atoms with van der Waals surface area (Å²) in [5, 5.41) is 18.3. The van der Waals surface area contributed by atoms with Gasteiger partial charge in [-0.3, -0.25) is 14.4 Å². The second-order valence-corrected chi connectivity index (χ2v) is 6.26. The van der Waals surface area contributed by atoms with Gasteiger partial charge in [-0.25, -0.2) is 0 Å². The number of carbonyl (C=O) groups is 3. The molecule has 0 spiro atoms. The Kier molecular flexibility index (Phi) is 7.16. The van der Waals surface area contributed by atoms with E-state index in [9.17, 15) is 19.5 Å². The molecule has 2 aromatic rings. The van der Waals surface area contributed by atoms with Crippen molar-refractivity contribution in [3.8, 4) is 0 Å². The highest BCUT2D eigenvalue weighted by Gasteiger charge is 2.20. The van der Waals surface area contributed by atoms with E-state index in [1.54, 1.807) is 35.7 Å². The number of benzene rings is 1. The predicted octanol–water partition coefficient (Wildman–Crippen LogP) is 2.24. The van der Waals surface area contributed by atoms with E-state index in [-0.39, 0.29) is 24.8 Å². The molecule has 0 bridgehead atoms. The molecule has 0 saturated carbocycles. The average molecular weight is 360 g/mol. The number of thiophene rings is 1. The number of carboxylic acids is 1. The van der Waals surface area contributed by atoms with Gasteiger partial charge in [0.1, 0.15) is 0 Å². The van der Waals surface area contributed by atoms with Crippen LogP contribution in [0.5, 0.6) is 0 Å². The van der Waals surface area contributed by atoms with Crippen LogP contribution in [-0.2, 0) is 9.59 Å². The first-order valence-corrected chi connectivity index (χ1v) is 8.87. The summed E-state index contributed by atoms with van der Waals surface area (Å²) in [6.07, 6.45) is 0.718.